The molecule has 4 N–H and O–H groups in total. The number of hydrogen-bond acceptors (Lipinski definition) is 4. The Morgan fingerprint density at radius 2 is 1.80 bits per heavy atom. The zero-order valence-corrected chi connectivity index (χ0v) is 15.4. The molecule has 4 aliphatic carbocycles. The minimum absolute atomic E-state index is 0.126. The monoisotopic (exact) mass is 348 g/mol. The SMILES string of the molecule is C[C@]12CCC(O)CC1=CC=C1[C@@H]2CC[C@@]2(C)[C@H]1CC[C@]2(O)[C@H](O)CO. The van der Waals surface area contributed by atoms with Crippen molar-refractivity contribution in [3.63, 3.8) is 0 Å². The van der Waals surface area contributed by atoms with E-state index in [9.17, 15) is 20.4 Å². The lowest BCUT2D eigenvalue weighted by molar-refractivity contribution is -0.165. The molecule has 4 heteroatoms. The smallest absolute Gasteiger partial charge is 0.106 e. The molecule has 0 spiro atoms. The molecule has 0 aromatic carbocycles. The van der Waals surface area contributed by atoms with E-state index < -0.39 is 11.7 Å². The average Bonchev–Trinajstić information content (AvgIpc) is 2.87. The van der Waals surface area contributed by atoms with E-state index in [2.05, 4.69) is 26.0 Å². The van der Waals surface area contributed by atoms with Crippen LogP contribution in [0.2, 0.25) is 0 Å². The zero-order valence-electron chi connectivity index (χ0n) is 15.4. The normalized spacial score (nSPS) is 50.2. The van der Waals surface area contributed by atoms with Crippen LogP contribution in [-0.4, -0.2) is 44.8 Å². The van der Waals surface area contributed by atoms with Crippen LogP contribution in [0.3, 0.4) is 0 Å². The quantitative estimate of drug-likeness (QED) is 0.617. The summed E-state index contributed by atoms with van der Waals surface area (Å²) in [5.74, 6) is 0.741. The molecule has 0 amide bonds. The van der Waals surface area contributed by atoms with E-state index in [1.807, 2.05) is 0 Å². The maximum absolute atomic E-state index is 11.3. The molecule has 0 aromatic heterocycles. The average molecular weight is 348 g/mol. The first-order valence-electron chi connectivity index (χ1n) is 9.87. The third-order valence-corrected chi connectivity index (χ3v) is 8.49. The van der Waals surface area contributed by atoms with Crippen molar-refractivity contribution < 1.29 is 20.4 Å². The lowest BCUT2D eigenvalue weighted by Gasteiger charge is -2.56. The highest BCUT2D eigenvalue weighted by molar-refractivity contribution is 5.39. The second kappa shape index (κ2) is 5.66. The molecule has 0 saturated heterocycles. The van der Waals surface area contributed by atoms with Gasteiger partial charge in [0, 0.05) is 5.41 Å². The van der Waals surface area contributed by atoms with E-state index in [1.54, 1.807) is 0 Å². The van der Waals surface area contributed by atoms with Crippen molar-refractivity contribution in [1.29, 1.82) is 0 Å². The highest BCUT2D eigenvalue weighted by Crippen LogP contribution is 2.66. The van der Waals surface area contributed by atoms with Crippen molar-refractivity contribution in [2.24, 2.45) is 22.7 Å². The van der Waals surface area contributed by atoms with Crippen LogP contribution in [-0.2, 0) is 0 Å². The fourth-order valence-electron chi connectivity index (χ4n) is 6.74. The summed E-state index contributed by atoms with van der Waals surface area (Å²) in [6.07, 6.45) is 9.16. The first-order chi connectivity index (χ1) is 11.8. The van der Waals surface area contributed by atoms with Crippen LogP contribution in [0.25, 0.3) is 0 Å². The van der Waals surface area contributed by atoms with Gasteiger partial charge in [-0.15, -0.1) is 0 Å². The molecule has 0 heterocycles. The van der Waals surface area contributed by atoms with Gasteiger partial charge in [0.1, 0.15) is 6.10 Å². The number of rotatable bonds is 2. The van der Waals surface area contributed by atoms with Gasteiger partial charge < -0.3 is 20.4 Å². The zero-order chi connectivity index (χ0) is 18.0. The molecular formula is C21H32O4. The van der Waals surface area contributed by atoms with Crippen LogP contribution in [0.15, 0.2) is 23.3 Å². The Labute approximate surface area is 150 Å². The Kier molecular flexibility index (Phi) is 4.01. The lowest BCUT2D eigenvalue weighted by Crippen LogP contribution is -2.57. The first kappa shape index (κ1) is 17.7. The van der Waals surface area contributed by atoms with E-state index in [1.165, 1.54) is 11.1 Å². The van der Waals surface area contributed by atoms with Gasteiger partial charge in [-0.05, 0) is 62.2 Å². The molecule has 0 aliphatic heterocycles. The van der Waals surface area contributed by atoms with Gasteiger partial charge in [0.25, 0.3) is 0 Å². The van der Waals surface area contributed by atoms with Crippen LogP contribution in [0.5, 0.6) is 0 Å². The van der Waals surface area contributed by atoms with Gasteiger partial charge in [0.15, 0.2) is 0 Å². The van der Waals surface area contributed by atoms with Crippen LogP contribution in [0, 0.1) is 22.7 Å². The summed E-state index contributed by atoms with van der Waals surface area (Å²) < 4.78 is 0. The fourth-order valence-corrected chi connectivity index (χ4v) is 6.74. The number of aliphatic hydroxyl groups excluding tert-OH is 3. The predicted octanol–water partition coefficient (Wildman–Crippen LogP) is 2.31. The molecule has 1 unspecified atom stereocenters. The standard InChI is InChI=1S/C21H32O4/c1-19-8-5-14(23)11-13(19)3-4-15-16(19)6-9-20(2)17(15)7-10-21(20,25)18(24)12-22/h3-4,14,16-18,22-25H,5-12H2,1-2H3/t14?,16-,17-,18+,19-,20-,21-/m0/s1. The van der Waals surface area contributed by atoms with Crippen LogP contribution >= 0.6 is 0 Å². The lowest BCUT2D eigenvalue weighted by atomic mass is 9.49. The number of aliphatic hydroxyl groups is 4. The van der Waals surface area contributed by atoms with E-state index in [0.29, 0.717) is 12.3 Å². The third kappa shape index (κ3) is 2.21. The van der Waals surface area contributed by atoms with Crippen LogP contribution in [0.4, 0.5) is 0 Å². The largest absolute Gasteiger partial charge is 0.394 e. The van der Waals surface area contributed by atoms with E-state index in [4.69, 9.17) is 0 Å². The van der Waals surface area contributed by atoms with Crippen LogP contribution < -0.4 is 0 Å². The number of allylic oxidation sites excluding steroid dienone is 3. The van der Waals surface area contributed by atoms with Crippen molar-refractivity contribution in [1.82, 2.24) is 0 Å². The Morgan fingerprint density at radius 1 is 1.08 bits per heavy atom. The summed E-state index contributed by atoms with van der Waals surface area (Å²) in [7, 11) is 0. The number of fused-ring (bicyclic) bond motifs is 5. The summed E-state index contributed by atoms with van der Waals surface area (Å²) >= 11 is 0. The maximum Gasteiger partial charge on any atom is 0.106 e. The van der Waals surface area contributed by atoms with Crippen molar-refractivity contribution in [3.8, 4) is 0 Å². The molecule has 7 atom stereocenters. The molecule has 0 aromatic rings. The van der Waals surface area contributed by atoms with Gasteiger partial charge in [-0.3, -0.25) is 0 Å². The second-order valence-corrected chi connectivity index (χ2v) is 9.40. The van der Waals surface area contributed by atoms with Crippen molar-refractivity contribution >= 4 is 0 Å². The van der Waals surface area contributed by atoms with Crippen molar-refractivity contribution in [2.45, 2.75) is 76.6 Å². The Hall–Kier alpha value is -0.680. The van der Waals surface area contributed by atoms with E-state index in [-0.39, 0.29) is 29.5 Å². The molecule has 3 fully saturated rings. The van der Waals surface area contributed by atoms with Gasteiger partial charge in [0.2, 0.25) is 0 Å². The van der Waals surface area contributed by atoms with Gasteiger partial charge in [-0.25, -0.2) is 0 Å². The fraction of sp³-hybridized carbons (Fsp3) is 0.810. The molecule has 25 heavy (non-hydrogen) atoms. The third-order valence-electron chi connectivity index (χ3n) is 8.49. The summed E-state index contributed by atoms with van der Waals surface area (Å²) in [4.78, 5) is 0. The highest BCUT2D eigenvalue weighted by atomic mass is 16.4. The topological polar surface area (TPSA) is 80.9 Å². The molecule has 0 radical (unpaired) electrons. The molecule has 0 bridgehead atoms. The van der Waals surface area contributed by atoms with Gasteiger partial charge >= 0.3 is 0 Å². The van der Waals surface area contributed by atoms with E-state index >= 15 is 0 Å². The molecule has 140 valence electrons. The van der Waals surface area contributed by atoms with E-state index in [0.717, 1.165) is 38.5 Å². The second-order valence-electron chi connectivity index (χ2n) is 9.40. The summed E-state index contributed by atoms with van der Waals surface area (Å²) in [6, 6.07) is 0. The molecule has 4 nitrogen and oxygen atoms in total. The summed E-state index contributed by atoms with van der Waals surface area (Å²) in [5, 5.41) is 41.1. The Bertz CT molecular complexity index is 625. The van der Waals surface area contributed by atoms with Crippen molar-refractivity contribution in [3.05, 3.63) is 23.3 Å². The van der Waals surface area contributed by atoms with Crippen molar-refractivity contribution in [2.75, 3.05) is 6.61 Å². The van der Waals surface area contributed by atoms with Crippen LogP contribution in [0.1, 0.15) is 58.8 Å². The Morgan fingerprint density at radius 3 is 2.52 bits per heavy atom. The van der Waals surface area contributed by atoms with Gasteiger partial charge in [-0.1, -0.05) is 37.1 Å². The van der Waals surface area contributed by atoms with Gasteiger partial charge in [0.05, 0.1) is 18.3 Å². The molecule has 4 aliphatic rings. The summed E-state index contributed by atoms with van der Waals surface area (Å²) in [5.41, 5.74) is 1.35. The number of hydrogen-bond donors (Lipinski definition) is 4. The molecule has 3 saturated carbocycles. The molecular weight excluding hydrogens is 316 g/mol. The predicted molar refractivity (Wildman–Crippen MR) is 95.7 cm³/mol. The maximum atomic E-state index is 11.3. The Balaban J connectivity index is 1.72. The summed E-state index contributed by atoms with van der Waals surface area (Å²) in [6.45, 7) is 4.07. The molecule has 4 rings (SSSR count). The van der Waals surface area contributed by atoms with Gasteiger partial charge in [-0.2, -0.15) is 0 Å². The minimum Gasteiger partial charge on any atom is -0.394 e. The first-order valence-corrected chi connectivity index (χ1v) is 9.87. The minimum atomic E-state index is -1.20. The highest BCUT2D eigenvalue weighted by Gasteiger charge is 2.64.